The van der Waals surface area contributed by atoms with Crippen molar-refractivity contribution in [3.63, 3.8) is 0 Å². The first-order chi connectivity index (χ1) is 13.9. The van der Waals surface area contributed by atoms with Gasteiger partial charge in [-0.15, -0.1) is 0 Å². The molecule has 0 aromatic heterocycles. The van der Waals surface area contributed by atoms with Crippen LogP contribution in [-0.2, 0) is 6.42 Å². The molecule has 28 heavy (non-hydrogen) atoms. The van der Waals surface area contributed by atoms with Gasteiger partial charge in [0.15, 0.2) is 0 Å². The van der Waals surface area contributed by atoms with E-state index in [1.165, 1.54) is 31.2 Å². The highest BCUT2D eigenvalue weighted by atomic mass is 14.1. The lowest BCUT2D eigenvalue weighted by molar-refractivity contribution is 0.666. The summed E-state index contributed by atoms with van der Waals surface area (Å²) in [6, 6.07) is 26.7. The Morgan fingerprint density at radius 3 is 1.86 bits per heavy atom. The van der Waals surface area contributed by atoms with Gasteiger partial charge in [-0.2, -0.15) is 0 Å². The third-order valence-corrected chi connectivity index (χ3v) is 4.67. The molecule has 0 atom stereocenters. The Kier molecular flexibility index (Phi) is 7.55. The molecule has 0 aliphatic heterocycles. The van der Waals surface area contributed by atoms with Gasteiger partial charge in [0.1, 0.15) is 0 Å². The first-order valence-corrected chi connectivity index (χ1v) is 10.1. The van der Waals surface area contributed by atoms with Crippen LogP contribution in [0.1, 0.15) is 60.4 Å². The highest BCUT2D eigenvalue weighted by Crippen LogP contribution is 2.17. The lowest BCUT2D eigenvalue weighted by Crippen LogP contribution is -1.95. The van der Waals surface area contributed by atoms with Crippen molar-refractivity contribution in [2.75, 3.05) is 0 Å². The van der Waals surface area contributed by atoms with E-state index in [0.717, 1.165) is 28.7 Å². The second-order valence-electron chi connectivity index (χ2n) is 6.88. The third kappa shape index (κ3) is 5.90. The summed E-state index contributed by atoms with van der Waals surface area (Å²) in [5.41, 5.74) is 5.45. The van der Waals surface area contributed by atoms with Crippen molar-refractivity contribution in [3.8, 4) is 23.7 Å². The van der Waals surface area contributed by atoms with Crippen LogP contribution in [-0.4, -0.2) is 0 Å². The summed E-state index contributed by atoms with van der Waals surface area (Å²) in [6.45, 7) is 2.25. The first kappa shape index (κ1) is 19.5. The van der Waals surface area contributed by atoms with Crippen molar-refractivity contribution in [3.05, 3.63) is 107 Å². The topological polar surface area (TPSA) is 0 Å². The summed E-state index contributed by atoms with van der Waals surface area (Å²) in [6.07, 6.45) is 6.06. The lowest BCUT2D eigenvalue weighted by Gasteiger charge is -2.07. The van der Waals surface area contributed by atoms with Gasteiger partial charge >= 0.3 is 0 Å². The molecule has 0 radical (unpaired) electrons. The minimum absolute atomic E-state index is 1.01. The molecule has 0 heterocycles. The zero-order chi connectivity index (χ0) is 19.4. The number of rotatable bonds is 5. The summed E-state index contributed by atoms with van der Waals surface area (Å²) >= 11 is 0. The van der Waals surface area contributed by atoms with E-state index >= 15 is 0 Å². The van der Waals surface area contributed by atoms with Crippen molar-refractivity contribution in [2.45, 2.75) is 39.0 Å². The molecule has 0 unspecified atom stereocenters. The molecule has 3 aromatic carbocycles. The smallest absolute Gasteiger partial charge is 0.0437 e. The maximum absolute atomic E-state index is 3.42. The van der Waals surface area contributed by atoms with Crippen LogP contribution in [0.4, 0.5) is 0 Å². The Morgan fingerprint density at radius 2 is 1.21 bits per heavy atom. The van der Waals surface area contributed by atoms with E-state index in [1.807, 2.05) is 60.7 Å². The van der Waals surface area contributed by atoms with E-state index in [4.69, 9.17) is 0 Å². The van der Waals surface area contributed by atoms with Crippen LogP contribution in [0.3, 0.4) is 0 Å². The molecule has 0 saturated carbocycles. The van der Waals surface area contributed by atoms with Crippen molar-refractivity contribution in [1.82, 2.24) is 0 Å². The molecule has 3 rings (SSSR count). The maximum atomic E-state index is 3.42. The van der Waals surface area contributed by atoms with Crippen LogP contribution in [0.5, 0.6) is 0 Å². The first-order valence-electron chi connectivity index (χ1n) is 10.1. The van der Waals surface area contributed by atoms with Gasteiger partial charge in [0.05, 0.1) is 0 Å². The third-order valence-electron chi connectivity index (χ3n) is 4.67. The van der Waals surface area contributed by atoms with Crippen molar-refractivity contribution >= 4 is 0 Å². The predicted octanol–water partition coefficient (Wildman–Crippen LogP) is 6.61. The van der Waals surface area contributed by atoms with Gasteiger partial charge in [-0.3, -0.25) is 0 Å². The normalized spacial score (nSPS) is 9.75. The molecular formula is C28H26. The standard InChI is InChI=1S/C28H26/c1-2-3-4-11-17-26-18-12-19-27(22-20-24-13-7-5-8-14-24)28(26)23-21-25-15-9-6-10-16-25/h5-10,12-16,18-19H,2-4,11,17H2,1H3. The van der Waals surface area contributed by atoms with E-state index in [1.54, 1.807) is 0 Å². The van der Waals surface area contributed by atoms with Crippen molar-refractivity contribution in [1.29, 1.82) is 0 Å². The zero-order valence-corrected chi connectivity index (χ0v) is 16.5. The monoisotopic (exact) mass is 362 g/mol. The fourth-order valence-corrected chi connectivity index (χ4v) is 3.12. The zero-order valence-electron chi connectivity index (χ0n) is 16.5. The van der Waals surface area contributed by atoms with Crippen molar-refractivity contribution in [2.24, 2.45) is 0 Å². The van der Waals surface area contributed by atoms with Gasteiger partial charge in [0.25, 0.3) is 0 Å². The molecule has 0 bridgehead atoms. The van der Waals surface area contributed by atoms with Gasteiger partial charge in [-0.1, -0.05) is 98.4 Å². The van der Waals surface area contributed by atoms with Crippen LogP contribution < -0.4 is 0 Å². The Morgan fingerprint density at radius 1 is 0.571 bits per heavy atom. The Bertz CT molecular complexity index is 990. The average molecular weight is 363 g/mol. The molecule has 138 valence electrons. The summed E-state index contributed by atoms with van der Waals surface area (Å²) in [4.78, 5) is 0. The van der Waals surface area contributed by atoms with Crippen LogP contribution >= 0.6 is 0 Å². The molecule has 0 saturated heterocycles. The maximum Gasteiger partial charge on any atom is 0.0437 e. The largest absolute Gasteiger partial charge is 0.0654 e. The molecule has 0 nitrogen and oxygen atoms in total. The van der Waals surface area contributed by atoms with E-state index in [-0.39, 0.29) is 0 Å². The minimum Gasteiger partial charge on any atom is -0.0654 e. The van der Waals surface area contributed by atoms with Crippen LogP contribution in [0.25, 0.3) is 0 Å². The lowest BCUT2D eigenvalue weighted by atomic mass is 9.96. The minimum atomic E-state index is 1.01. The number of benzene rings is 3. The second kappa shape index (κ2) is 10.8. The summed E-state index contributed by atoms with van der Waals surface area (Å²) < 4.78 is 0. The Labute approximate surface area is 169 Å². The van der Waals surface area contributed by atoms with Crippen LogP contribution in [0.15, 0.2) is 78.9 Å². The van der Waals surface area contributed by atoms with E-state index in [2.05, 4.69) is 48.8 Å². The van der Waals surface area contributed by atoms with Gasteiger partial charge in [0.2, 0.25) is 0 Å². The molecule has 0 aliphatic carbocycles. The van der Waals surface area contributed by atoms with Crippen LogP contribution in [0.2, 0.25) is 0 Å². The van der Waals surface area contributed by atoms with E-state index in [0.29, 0.717) is 0 Å². The van der Waals surface area contributed by atoms with Crippen molar-refractivity contribution < 1.29 is 0 Å². The Balaban J connectivity index is 1.94. The van der Waals surface area contributed by atoms with Gasteiger partial charge in [0, 0.05) is 22.3 Å². The Hall–Kier alpha value is -3.22. The predicted molar refractivity (Wildman–Crippen MR) is 119 cm³/mol. The number of unbranched alkanes of at least 4 members (excludes halogenated alkanes) is 3. The highest BCUT2D eigenvalue weighted by molar-refractivity contribution is 5.57. The summed E-state index contributed by atoms with van der Waals surface area (Å²) in [7, 11) is 0. The molecule has 0 N–H and O–H groups in total. The number of hydrogen-bond donors (Lipinski definition) is 0. The molecule has 0 amide bonds. The average Bonchev–Trinajstić information content (AvgIpc) is 2.76. The molecule has 0 spiro atoms. The molecule has 0 fully saturated rings. The van der Waals surface area contributed by atoms with E-state index < -0.39 is 0 Å². The van der Waals surface area contributed by atoms with Gasteiger partial charge < -0.3 is 0 Å². The second-order valence-corrected chi connectivity index (χ2v) is 6.88. The fraction of sp³-hybridized carbons (Fsp3) is 0.214. The fourth-order valence-electron chi connectivity index (χ4n) is 3.12. The number of aryl methyl sites for hydroxylation is 1. The molecular weight excluding hydrogens is 336 g/mol. The summed E-state index contributed by atoms with van der Waals surface area (Å²) in [5.74, 6) is 13.4. The van der Waals surface area contributed by atoms with Gasteiger partial charge in [-0.25, -0.2) is 0 Å². The van der Waals surface area contributed by atoms with Gasteiger partial charge in [-0.05, 0) is 48.7 Å². The number of hydrogen-bond acceptors (Lipinski definition) is 0. The summed E-state index contributed by atoms with van der Waals surface area (Å²) in [5, 5.41) is 0. The quantitative estimate of drug-likeness (QED) is 0.354. The molecule has 3 aromatic rings. The molecule has 0 aliphatic rings. The van der Waals surface area contributed by atoms with Crippen LogP contribution in [0, 0.1) is 23.7 Å². The highest BCUT2D eigenvalue weighted by Gasteiger charge is 2.05. The SMILES string of the molecule is CCCCCCc1cccc(C#Cc2ccccc2)c1C#Cc1ccccc1. The molecule has 0 heteroatoms. The van der Waals surface area contributed by atoms with E-state index in [9.17, 15) is 0 Å².